The number of hydrogen-bond donors (Lipinski definition) is 0. The highest BCUT2D eigenvalue weighted by atomic mass is 79.9. The molecule has 2 aromatic rings. The number of aryl methyl sites for hydroxylation is 1. The Bertz CT molecular complexity index is 410. The van der Waals surface area contributed by atoms with Gasteiger partial charge in [0.1, 0.15) is 15.5 Å². The third-order valence-electron chi connectivity index (χ3n) is 1.38. The molecule has 0 spiro atoms. The Balaban J connectivity index is 2.25. The van der Waals surface area contributed by atoms with Gasteiger partial charge in [0.25, 0.3) is 0 Å². The van der Waals surface area contributed by atoms with Crippen molar-refractivity contribution in [3.63, 3.8) is 0 Å². The van der Waals surface area contributed by atoms with Gasteiger partial charge >= 0.3 is 0 Å². The SMILES string of the molecule is Cc1nc(Br)cc(Sc2nccs2)n1. The Morgan fingerprint density at radius 1 is 1.43 bits per heavy atom. The van der Waals surface area contributed by atoms with E-state index >= 15 is 0 Å². The Morgan fingerprint density at radius 2 is 2.29 bits per heavy atom. The van der Waals surface area contributed by atoms with Crippen LogP contribution in [0.1, 0.15) is 5.82 Å². The molecule has 2 rings (SSSR count). The molecule has 0 aliphatic heterocycles. The number of rotatable bonds is 2. The highest BCUT2D eigenvalue weighted by Gasteiger charge is 2.03. The average Bonchev–Trinajstić information content (AvgIpc) is 2.54. The maximum absolute atomic E-state index is 4.30. The monoisotopic (exact) mass is 287 g/mol. The maximum Gasteiger partial charge on any atom is 0.156 e. The van der Waals surface area contributed by atoms with Crippen molar-refractivity contribution in [3.8, 4) is 0 Å². The quantitative estimate of drug-likeness (QED) is 0.796. The van der Waals surface area contributed by atoms with Gasteiger partial charge in [0.15, 0.2) is 4.34 Å². The number of thiazole rings is 1. The molecule has 0 saturated heterocycles. The molecule has 3 nitrogen and oxygen atoms in total. The summed E-state index contributed by atoms with van der Waals surface area (Å²) in [5.74, 6) is 0.762. The molecular weight excluding hydrogens is 282 g/mol. The van der Waals surface area contributed by atoms with Crippen LogP contribution in [0.15, 0.2) is 31.6 Å². The highest BCUT2D eigenvalue weighted by Crippen LogP contribution is 2.28. The largest absolute Gasteiger partial charge is 0.238 e. The molecule has 0 atom stereocenters. The first-order valence-electron chi connectivity index (χ1n) is 3.82. The lowest BCUT2D eigenvalue weighted by Gasteiger charge is -1.98. The fourth-order valence-electron chi connectivity index (χ4n) is 0.908. The van der Waals surface area contributed by atoms with Crippen molar-refractivity contribution < 1.29 is 0 Å². The second-order valence-corrected chi connectivity index (χ2v) is 5.45. The van der Waals surface area contributed by atoms with Crippen LogP contribution in [0.25, 0.3) is 0 Å². The minimum Gasteiger partial charge on any atom is -0.238 e. The van der Waals surface area contributed by atoms with Gasteiger partial charge < -0.3 is 0 Å². The van der Waals surface area contributed by atoms with Crippen molar-refractivity contribution in [2.45, 2.75) is 16.3 Å². The summed E-state index contributed by atoms with van der Waals surface area (Å²) in [6, 6.07) is 1.89. The molecule has 0 amide bonds. The van der Waals surface area contributed by atoms with Gasteiger partial charge in [-0.15, -0.1) is 11.3 Å². The lowest BCUT2D eigenvalue weighted by Crippen LogP contribution is -1.89. The lowest BCUT2D eigenvalue weighted by atomic mass is 10.6. The van der Waals surface area contributed by atoms with Crippen LogP contribution < -0.4 is 0 Å². The van der Waals surface area contributed by atoms with E-state index in [-0.39, 0.29) is 0 Å². The Kier molecular flexibility index (Phi) is 3.15. The molecule has 0 bridgehead atoms. The van der Waals surface area contributed by atoms with Crippen LogP contribution in [-0.2, 0) is 0 Å². The summed E-state index contributed by atoms with van der Waals surface area (Å²) in [6.45, 7) is 1.87. The van der Waals surface area contributed by atoms with Crippen LogP contribution in [0, 0.1) is 6.92 Å². The van der Waals surface area contributed by atoms with E-state index in [0.29, 0.717) is 0 Å². The van der Waals surface area contributed by atoms with E-state index in [1.54, 1.807) is 29.3 Å². The smallest absolute Gasteiger partial charge is 0.156 e. The molecule has 72 valence electrons. The standard InChI is InChI=1S/C8H6BrN3S2/c1-5-11-6(9)4-7(12-5)14-8-10-2-3-13-8/h2-4H,1H3. The molecule has 0 fully saturated rings. The van der Waals surface area contributed by atoms with Crippen LogP contribution in [0.5, 0.6) is 0 Å². The van der Waals surface area contributed by atoms with Gasteiger partial charge in [-0.25, -0.2) is 15.0 Å². The fraction of sp³-hybridized carbons (Fsp3) is 0.125. The van der Waals surface area contributed by atoms with Crippen molar-refractivity contribution in [3.05, 3.63) is 28.1 Å². The zero-order valence-corrected chi connectivity index (χ0v) is 10.5. The second kappa shape index (κ2) is 4.37. The molecule has 0 N–H and O–H groups in total. The van der Waals surface area contributed by atoms with Gasteiger partial charge in [-0.2, -0.15) is 0 Å². The van der Waals surface area contributed by atoms with E-state index < -0.39 is 0 Å². The third kappa shape index (κ3) is 2.52. The van der Waals surface area contributed by atoms with Crippen molar-refractivity contribution in [2.75, 3.05) is 0 Å². The lowest BCUT2D eigenvalue weighted by molar-refractivity contribution is 0.950. The van der Waals surface area contributed by atoms with Crippen LogP contribution in [-0.4, -0.2) is 15.0 Å². The zero-order valence-electron chi connectivity index (χ0n) is 7.27. The van der Waals surface area contributed by atoms with Crippen molar-refractivity contribution in [1.82, 2.24) is 15.0 Å². The Labute approximate surface area is 98.1 Å². The Hall–Kier alpha value is -0.460. The highest BCUT2D eigenvalue weighted by molar-refractivity contribution is 9.10. The second-order valence-electron chi connectivity index (χ2n) is 2.48. The molecule has 2 heterocycles. The van der Waals surface area contributed by atoms with E-state index in [1.807, 2.05) is 18.4 Å². The molecule has 0 radical (unpaired) electrons. The molecule has 14 heavy (non-hydrogen) atoms. The zero-order chi connectivity index (χ0) is 9.97. The first kappa shape index (κ1) is 10.1. The predicted octanol–water partition coefficient (Wildman–Crippen LogP) is 3.16. The van der Waals surface area contributed by atoms with Gasteiger partial charge in [-0.05, 0) is 34.6 Å². The van der Waals surface area contributed by atoms with Gasteiger partial charge in [0.05, 0.1) is 0 Å². The summed E-state index contributed by atoms with van der Waals surface area (Å²) in [5.41, 5.74) is 0. The summed E-state index contributed by atoms with van der Waals surface area (Å²) < 4.78 is 1.80. The molecule has 0 aromatic carbocycles. The van der Waals surface area contributed by atoms with Gasteiger partial charge in [-0.1, -0.05) is 0 Å². The summed E-state index contributed by atoms with van der Waals surface area (Å²) in [7, 11) is 0. The number of hydrogen-bond acceptors (Lipinski definition) is 5. The molecule has 0 saturated carbocycles. The van der Waals surface area contributed by atoms with Gasteiger partial charge in [-0.3, -0.25) is 0 Å². The van der Waals surface area contributed by atoms with Crippen molar-refractivity contribution in [2.24, 2.45) is 0 Å². The summed E-state index contributed by atoms with van der Waals surface area (Å²) >= 11 is 6.49. The van der Waals surface area contributed by atoms with Crippen molar-refractivity contribution in [1.29, 1.82) is 0 Å². The summed E-state index contributed by atoms with van der Waals surface area (Å²) in [4.78, 5) is 12.6. The van der Waals surface area contributed by atoms with Crippen LogP contribution in [0.2, 0.25) is 0 Å². The first-order chi connectivity index (χ1) is 6.74. The summed E-state index contributed by atoms with van der Waals surface area (Å²) in [6.07, 6.45) is 1.79. The van der Waals surface area contributed by atoms with E-state index in [4.69, 9.17) is 0 Å². The minimum absolute atomic E-state index is 0.762. The van der Waals surface area contributed by atoms with Crippen molar-refractivity contribution >= 4 is 39.0 Å². The number of aromatic nitrogens is 3. The van der Waals surface area contributed by atoms with E-state index in [9.17, 15) is 0 Å². The van der Waals surface area contributed by atoms with Gasteiger partial charge in [0.2, 0.25) is 0 Å². The van der Waals surface area contributed by atoms with Crippen LogP contribution in [0.3, 0.4) is 0 Å². The molecule has 0 unspecified atom stereocenters. The molecule has 0 aliphatic rings. The average molecular weight is 288 g/mol. The number of halogens is 1. The molecule has 2 aromatic heterocycles. The summed E-state index contributed by atoms with van der Waals surface area (Å²) in [5, 5.41) is 2.87. The molecular formula is C8H6BrN3S2. The maximum atomic E-state index is 4.30. The van der Waals surface area contributed by atoms with E-state index in [0.717, 1.165) is 19.8 Å². The predicted molar refractivity (Wildman–Crippen MR) is 60.7 cm³/mol. The Morgan fingerprint density at radius 3 is 2.93 bits per heavy atom. The van der Waals surface area contributed by atoms with Gasteiger partial charge in [0, 0.05) is 17.6 Å². The third-order valence-corrected chi connectivity index (χ3v) is 3.59. The topological polar surface area (TPSA) is 38.7 Å². The normalized spacial score (nSPS) is 10.4. The van der Waals surface area contributed by atoms with E-state index in [1.165, 1.54) is 0 Å². The fourth-order valence-corrected chi connectivity index (χ4v) is 3.15. The molecule has 6 heteroatoms. The number of nitrogens with zero attached hydrogens (tertiary/aromatic N) is 3. The molecule has 0 aliphatic carbocycles. The van der Waals surface area contributed by atoms with Crippen LogP contribution in [0.4, 0.5) is 0 Å². The first-order valence-corrected chi connectivity index (χ1v) is 6.31. The van der Waals surface area contributed by atoms with E-state index in [2.05, 4.69) is 30.9 Å². The van der Waals surface area contributed by atoms with Crippen LogP contribution >= 0.6 is 39.0 Å². The minimum atomic E-state index is 0.762.